The Morgan fingerprint density at radius 1 is 1.11 bits per heavy atom. The van der Waals surface area contributed by atoms with Crippen LogP contribution in [0.4, 0.5) is 24.5 Å². The second-order valence-corrected chi connectivity index (χ2v) is 9.35. The number of nitro groups is 1. The second kappa shape index (κ2) is 10.5. The predicted molar refractivity (Wildman–Crippen MR) is 135 cm³/mol. The van der Waals surface area contributed by atoms with E-state index in [9.17, 15) is 28.1 Å². The molecular weight excluding hydrogens is 509 g/mol. The van der Waals surface area contributed by atoms with Gasteiger partial charge in [-0.2, -0.15) is 13.2 Å². The normalized spacial score (nSPS) is 11.6. The van der Waals surface area contributed by atoms with Gasteiger partial charge in [-0.3, -0.25) is 14.9 Å². The number of rotatable bonds is 8. The Labute approximate surface area is 213 Å². The first-order chi connectivity index (χ1) is 17.5. The minimum atomic E-state index is -4.98. The molecule has 8 nitrogen and oxygen atoms in total. The molecule has 1 heterocycles. The Bertz CT molecular complexity index is 1450. The number of likely N-dealkylation sites (N-methyl/N-ethyl adjacent to an activating group) is 1. The number of hydrogen-bond donors (Lipinski definition) is 1. The fraction of sp³-hybridized carbons (Fsp3) is 0.200. The molecule has 0 unspecified atom stereocenters. The number of carbonyl (C=O) groups is 1. The fourth-order valence-corrected chi connectivity index (χ4v) is 4.43. The van der Waals surface area contributed by atoms with Gasteiger partial charge in [-0.1, -0.05) is 0 Å². The van der Waals surface area contributed by atoms with Gasteiger partial charge in [-0.15, -0.1) is 11.3 Å². The van der Waals surface area contributed by atoms with E-state index >= 15 is 0 Å². The number of aromatic nitrogens is 1. The van der Waals surface area contributed by atoms with Gasteiger partial charge in [0.2, 0.25) is 0 Å². The van der Waals surface area contributed by atoms with Crippen LogP contribution in [-0.2, 0) is 6.18 Å². The summed E-state index contributed by atoms with van der Waals surface area (Å²) < 4.78 is 46.4. The number of fused-ring (bicyclic) bond motifs is 1. The first kappa shape index (κ1) is 26.0. The van der Waals surface area contributed by atoms with Crippen molar-refractivity contribution in [2.45, 2.75) is 6.18 Å². The highest BCUT2D eigenvalue weighted by Gasteiger charge is 2.38. The molecule has 0 bridgehead atoms. The van der Waals surface area contributed by atoms with Crippen LogP contribution < -0.4 is 10.1 Å². The average Bonchev–Trinajstić information content (AvgIpc) is 3.27. The number of nitro benzene ring substituents is 1. The summed E-state index contributed by atoms with van der Waals surface area (Å²) in [5.74, 6) is -0.0718. The van der Waals surface area contributed by atoms with Crippen molar-refractivity contribution in [2.75, 3.05) is 32.6 Å². The van der Waals surface area contributed by atoms with E-state index < -0.39 is 28.3 Å². The van der Waals surface area contributed by atoms with Crippen molar-refractivity contribution >= 4 is 38.8 Å². The Balaban J connectivity index is 1.48. The highest BCUT2D eigenvalue weighted by Crippen LogP contribution is 2.37. The van der Waals surface area contributed by atoms with Crippen LogP contribution >= 0.6 is 11.3 Å². The van der Waals surface area contributed by atoms with E-state index in [2.05, 4.69) is 10.3 Å². The molecule has 0 atom stereocenters. The number of nitrogens with zero attached hydrogens (tertiary/aromatic N) is 3. The number of carbonyl (C=O) groups excluding carboxylic acids is 1. The van der Waals surface area contributed by atoms with Gasteiger partial charge in [0.15, 0.2) is 0 Å². The number of amides is 1. The molecule has 192 valence electrons. The number of hydrogen-bond acceptors (Lipinski definition) is 7. The van der Waals surface area contributed by atoms with Crippen molar-refractivity contribution in [3.05, 3.63) is 81.9 Å². The van der Waals surface area contributed by atoms with Crippen LogP contribution in [0.5, 0.6) is 5.75 Å². The van der Waals surface area contributed by atoms with Gasteiger partial charge in [0.05, 0.1) is 15.1 Å². The number of thiazole rings is 1. The van der Waals surface area contributed by atoms with E-state index in [1.165, 1.54) is 11.3 Å². The summed E-state index contributed by atoms with van der Waals surface area (Å²) in [7, 11) is 3.94. The lowest BCUT2D eigenvalue weighted by molar-refractivity contribution is -0.388. The van der Waals surface area contributed by atoms with E-state index in [0.717, 1.165) is 39.1 Å². The molecule has 1 amide bonds. The summed E-state index contributed by atoms with van der Waals surface area (Å²) in [5, 5.41) is 14.2. The minimum Gasteiger partial charge on any atom is -0.492 e. The molecule has 0 radical (unpaired) electrons. The van der Waals surface area contributed by atoms with Gasteiger partial charge >= 0.3 is 6.18 Å². The van der Waals surface area contributed by atoms with Gasteiger partial charge in [0.1, 0.15) is 22.9 Å². The third-order valence-electron chi connectivity index (χ3n) is 5.32. The fourth-order valence-electron chi connectivity index (χ4n) is 3.43. The van der Waals surface area contributed by atoms with E-state index in [1.54, 1.807) is 24.3 Å². The lowest BCUT2D eigenvalue weighted by atomic mass is 10.1. The molecule has 12 heteroatoms. The van der Waals surface area contributed by atoms with Gasteiger partial charge in [0.25, 0.3) is 11.6 Å². The molecule has 37 heavy (non-hydrogen) atoms. The molecule has 0 saturated carbocycles. The number of halogens is 3. The Morgan fingerprint density at radius 2 is 1.84 bits per heavy atom. The van der Waals surface area contributed by atoms with Crippen LogP contribution in [0, 0.1) is 10.1 Å². The van der Waals surface area contributed by atoms with Gasteiger partial charge in [-0.25, -0.2) is 4.98 Å². The van der Waals surface area contributed by atoms with Crippen LogP contribution in [0.25, 0.3) is 20.8 Å². The first-order valence-electron chi connectivity index (χ1n) is 11.0. The average molecular weight is 531 g/mol. The maximum absolute atomic E-state index is 13.2. The van der Waals surface area contributed by atoms with Crippen LogP contribution in [-0.4, -0.2) is 48.0 Å². The third kappa shape index (κ3) is 6.22. The van der Waals surface area contributed by atoms with E-state index in [-0.39, 0.29) is 5.56 Å². The summed E-state index contributed by atoms with van der Waals surface area (Å²) in [6.45, 7) is 1.36. The molecular formula is C25H21F3N4O4S. The quantitative estimate of drug-likeness (QED) is 0.219. The lowest BCUT2D eigenvalue weighted by Crippen LogP contribution is -2.19. The zero-order chi connectivity index (χ0) is 26.7. The summed E-state index contributed by atoms with van der Waals surface area (Å²) in [4.78, 5) is 29.0. The van der Waals surface area contributed by atoms with Crippen LogP contribution in [0.2, 0.25) is 0 Å². The first-order valence-corrected chi connectivity index (χ1v) is 11.8. The standard InChI is InChI=1S/C25H21F3N4O4S/c1-31(2)11-12-36-18-8-9-20-22(14-18)37-24(30-20)15-3-6-17(7-4-15)29-23(33)16-5-10-21(32(34)35)19(13-16)25(26,27)28/h3-10,13-14H,11-12H2,1-2H3,(H,29,33). The number of nitrogens with one attached hydrogen (secondary N) is 1. The lowest BCUT2D eigenvalue weighted by Gasteiger charge is -2.10. The molecule has 0 aliphatic rings. The molecule has 0 saturated heterocycles. The molecule has 0 spiro atoms. The van der Waals surface area contributed by atoms with Crippen LogP contribution in [0.1, 0.15) is 15.9 Å². The van der Waals surface area contributed by atoms with Gasteiger partial charge in [0, 0.05) is 29.4 Å². The molecule has 4 rings (SSSR count). The van der Waals surface area contributed by atoms with E-state index in [0.29, 0.717) is 24.4 Å². The second-order valence-electron chi connectivity index (χ2n) is 8.32. The minimum absolute atomic E-state index is 0.346. The van der Waals surface area contributed by atoms with Crippen molar-refractivity contribution in [3.8, 4) is 16.3 Å². The number of ether oxygens (including phenoxy) is 1. The third-order valence-corrected chi connectivity index (χ3v) is 6.38. The Morgan fingerprint density at radius 3 is 2.49 bits per heavy atom. The zero-order valence-electron chi connectivity index (χ0n) is 19.7. The summed E-state index contributed by atoms with van der Waals surface area (Å²) in [6.07, 6.45) is -4.98. The molecule has 3 aromatic carbocycles. The summed E-state index contributed by atoms with van der Waals surface area (Å²) in [5.41, 5.74) is -0.992. The summed E-state index contributed by atoms with van der Waals surface area (Å²) >= 11 is 1.48. The van der Waals surface area contributed by atoms with E-state index in [4.69, 9.17) is 4.74 Å². The van der Waals surface area contributed by atoms with Crippen LogP contribution in [0.15, 0.2) is 60.7 Å². The Hall–Kier alpha value is -4.03. The highest BCUT2D eigenvalue weighted by atomic mass is 32.1. The maximum Gasteiger partial charge on any atom is 0.423 e. The zero-order valence-corrected chi connectivity index (χ0v) is 20.5. The molecule has 1 aromatic heterocycles. The largest absolute Gasteiger partial charge is 0.492 e. The topological polar surface area (TPSA) is 97.6 Å². The molecule has 0 fully saturated rings. The highest BCUT2D eigenvalue weighted by molar-refractivity contribution is 7.21. The number of anilines is 1. The Kier molecular flexibility index (Phi) is 7.41. The SMILES string of the molecule is CN(C)CCOc1ccc2nc(-c3ccc(NC(=O)c4ccc([N+](=O)[O-])c(C(F)(F)F)c4)cc3)sc2c1. The van der Waals surface area contributed by atoms with Crippen molar-refractivity contribution in [2.24, 2.45) is 0 Å². The van der Waals surface area contributed by atoms with Crippen LogP contribution in [0.3, 0.4) is 0 Å². The number of alkyl halides is 3. The van der Waals surface area contributed by atoms with Crippen molar-refractivity contribution in [3.63, 3.8) is 0 Å². The predicted octanol–water partition coefficient (Wildman–Crippen LogP) is 6.08. The van der Waals surface area contributed by atoms with E-state index in [1.807, 2.05) is 37.2 Å². The monoisotopic (exact) mass is 530 g/mol. The van der Waals surface area contributed by atoms with Crippen molar-refractivity contribution in [1.82, 2.24) is 9.88 Å². The van der Waals surface area contributed by atoms with Crippen molar-refractivity contribution < 1.29 is 27.6 Å². The maximum atomic E-state index is 13.2. The molecule has 0 aliphatic heterocycles. The number of benzene rings is 3. The summed E-state index contributed by atoms with van der Waals surface area (Å²) in [6, 6.07) is 14.5. The molecule has 0 aliphatic carbocycles. The van der Waals surface area contributed by atoms with Gasteiger partial charge < -0.3 is 15.0 Å². The van der Waals surface area contributed by atoms with Gasteiger partial charge in [-0.05, 0) is 68.7 Å². The molecule has 4 aromatic rings. The molecule has 1 N–H and O–H groups in total. The smallest absolute Gasteiger partial charge is 0.423 e. The van der Waals surface area contributed by atoms with Crippen molar-refractivity contribution in [1.29, 1.82) is 0 Å².